The number of phenols is 1. The second-order valence-electron chi connectivity index (χ2n) is 3.72. The van der Waals surface area contributed by atoms with Gasteiger partial charge in [0, 0.05) is 18.8 Å². The molecular formula is C13H18BrNO4. The maximum atomic E-state index is 11.9. The third-order valence-electron chi connectivity index (χ3n) is 2.34. The Hall–Kier alpha value is -1.11. The van der Waals surface area contributed by atoms with Crippen LogP contribution in [0.4, 0.5) is 0 Å². The average molecular weight is 332 g/mol. The van der Waals surface area contributed by atoms with E-state index in [1.807, 2.05) is 13.8 Å². The van der Waals surface area contributed by atoms with Crippen LogP contribution >= 0.6 is 15.9 Å². The highest BCUT2D eigenvalue weighted by Crippen LogP contribution is 2.24. The van der Waals surface area contributed by atoms with Crippen LogP contribution in [0, 0.1) is 0 Å². The summed E-state index contributed by atoms with van der Waals surface area (Å²) in [5.41, 5.74) is 0.382. The zero-order chi connectivity index (χ0) is 14.3. The van der Waals surface area contributed by atoms with Gasteiger partial charge in [0.05, 0.1) is 11.0 Å². The van der Waals surface area contributed by atoms with Crippen LogP contribution in [0.1, 0.15) is 24.2 Å². The van der Waals surface area contributed by atoms with Gasteiger partial charge in [-0.05, 0) is 48.0 Å². The molecule has 0 unspecified atom stereocenters. The van der Waals surface area contributed by atoms with Crippen molar-refractivity contribution in [1.82, 2.24) is 5.32 Å². The lowest BCUT2D eigenvalue weighted by Crippen LogP contribution is -2.35. The minimum absolute atomic E-state index is 0.0267. The molecule has 0 saturated heterocycles. The fraction of sp³-hybridized carbons (Fsp3) is 0.462. The van der Waals surface area contributed by atoms with E-state index in [4.69, 9.17) is 9.47 Å². The lowest BCUT2D eigenvalue weighted by Gasteiger charge is -2.17. The SMILES string of the molecule is CCOC(CNC(=O)c1ccc(Br)c(O)c1)OCC. The standard InChI is InChI=1S/C13H18BrNO4/c1-3-18-12(19-4-2)8-15-13(17)9-5-6-10(14)11(16)7-9/h5-7,12,16H,3-4,8H2,1-2H3,(H,15,17). The van der Waals surface area contributed by atoms with Crippen LogP contribution in [0.15, 0.2) is 22.7 Å². The highest BCUT2D eigenvalue weighted by Gasteiger charge is 2.12. The molecule has 106 valence electrons. The molecule has 19 heavy (non-hydrogen) atoms. The van der Waals surface area contributed by atoms with Gasteiger partial charge in [-0.2, -0.15) is 0 Å². The highest BCUT2D eigenvalue weighted by atomic mass is 79.9. The Bertz CT molecular complexity index is 419. The van der Waals surface area contributed by atoms with E-state index < -0.39 is 6.29 Å². The van der Waals surface area contributed by atoms with Crippen molar-refractivity contribution in [2.75, 3.05) is 19.8 Å². The minimum Gasteiger partial charge on any atom is -0.507 e. The van der Waals surface area contributed by atoms with Crippen molar-refractivity contribution in [2.45, 2.75) is 20.1 Å². The van der Waals surface area contributed by atoms with Gasteiger partial charge in [-0.15, -0.1) is 0 Å². The van der Waals surface area contributed by atoms with Crippen molar-refractivity contribution in [3.8, 4) is 5.75 Å². The van der Waals surface area contributed by atoms with E-state index in [1.165, 1.54) is 6.07 Å². The van der Waals surface area contributed by atoms with Gasteiger partial charge in [-0.3, -0.25) is 4.79 Å². The Morgan fingerprint density at radius 2 is 2.00 bits per heavy atom. The summed E-state index contributed by atoms with van der Waals surface area (Å²) in [6.45, 7) is 5.01. The lowest BCUT2D eigenvalue weighted by atomic mass is 10.2. The number of aromatic hydroxyl groups is 1. The zero-order valence-electron chi connectivity index (χ0n) is 11.0. The van der Waals surface area contributed by atoms with Crippen LogP contribution in [0.2, 0.25) is 0 Å². The van der Waals surface area contributed by atoms with Gasteiger partial charge >= 0.3 is 0 Å². The topological polar surface area (TPSA) is 67.8 Å². The molecule has 1 rings (SSSR count). The van der Waals surface area contributed by atoms with Gasteiger partial charge in [-0.25, -0.2) is 0 Å². The van der Waals surface area contributed by atoms with Gasteiger partial charge in [0.25, 0.3) is 5.91 Å². The lowest BCUT2D eigenvalue weighted by molar-refractivity contribution is -0.131. The number of amides is 1. The van der Waals surface area contributed by atoms with Gasteiger partial charge in [0.15, 0.2) is 6.29 Å². The number of nitrogens with one attached hydrogen (secondary N) is 1. The number of rotatable bonds is 7. The van der Waals surface area contributed by atoms with Crippen molar-refractivity contribution in [1.29, 1.82) is 0 Å². The molecule has 0 bridgehead atoms. The van der Waals surface area contributed by atoms with Gasteiger partial charge < -0.3 is 19.9 Å². The third kappa shape index (κ3) is 5.18. The first-order chi connectivity index (χ1) is 9.08. The van der Waals surface area contributed by atoms with Crippen molar-refractivity contribution in [3.05, 3.63) is 28.2 Å². The fourth-order valence-electron chi connectivity index (χ4n) is 1.47. The third-order valence-corrected chi connectivity index (χ3v) is 3.01. The maximum absolute atomic E-state index is 11.9. The Labute approximate surface area is 121 Å². The smallest absolute Gasteiger partial charge is 0.251 e. The maximum Gasteiger partial charge on any atom is 0.251 e. The Morgan fingerprint density at radius 1 is 1.37 bits per heavy atom. The van der Waals surface area contributed by atoms with Crippen LogP contribution in [0.5, 0.6) is 5.75 Å². The van der Waals surface area contributed by atoms with Crippen LogP contribution < -0.4 is 5.32 Å². The molecule has 0 aromatic heterocycles. The van der Waals surface area contributed by atoms with Gasteiger partial charge in [0.1, 0.15) is 5.75 Å². The zero-order valence-corrected chi connectivity index (χ0v) is 12.6. The van der Waals surface area contributed by atoms with Crippen LogP contribution in [-0.4, -0.2) is 37.1 Å². The number of halogens is 1. The van der Waals surface area contributed by atoms with Crippen LogP contribution in [0.25, 0.3) is 0 Å². The first-order valence-corrected chi connectivity index (χ1v) is 6.87. The van der Waals surface area contributed by atoms with E-state index in [0.717, 1.165) is 0 Å². The summed E-state index contributed by atoms with van der Waals surface area (Å²) in [5, 5.41) is 12.2. The summed E-state index contributed by atoms with van der Waals surface area (Å²) in [5.74, 6) is -0.258. The first kappa shape index (κ1) is 15.9. The molecule has 0 aliphatic heterocycles. The summed E-state index contributed by atoms with van der Waals surface area (Å²) in [7, 11) is 0. The number of hydrogen-bond donors (Lipinski definition) is 2. The summed E-state index contributed by atoms with van der Waals surface area (Å²) in [6.07, 6.45) is -0.456. The number of ether oxygens (including phenoxy) is 2. The second-order valence-corrected chi connectivity index (χ2v) is 4.57. The van der Waals surface area contributed by atoms with E-state index in [9.17, 15) is 9.90 Å². The molecule has 2 N–H and O–H groups in total. The molecule has 0 heterocycles. The molecule has 1 aromatic carbocycles. The Morgan fingerprint density at radius 3 is 2.53 bits per heavy atom. The van der Waals surface area contributed by atoms with E-state index in [2.05, 4.69) is 21.2 Å². The number of phenolic OH excluding ortho intramolecular Hbond substituents is 1. The van der Waals surface area contributed by atoms with E-state index in [1.54, 1.807) is 12.1 Å². The van der Waals surface area contributed by atoms with Crippen LogP contribution in [0.3, 0.4) is 0 Å². The average Bonchev–Trinajstić information content (AvgIpc) is 2.39. The second kappa shape index (κ2) is 8.14. The van der Waals surface area contributed by atoms with E-state index in [-0.39, 0.29) is 18.2 Å². The van der Waals surface area contributed by atoms with Gasteiger partial charge in [-0.1, -0.05) is 0 Å². The number of carbonyl (C=O) groups excluding carboxylic acids is 1. The normalized spacial score (nSPS) is 10.7. The monoisotopic (exact) mass is 331 g/mol. The summed E-state index contributed by atoms with van der Waals surface area (Å²) < 4.78 is 11.2. The molecule has 1 aromatic rings. The molecule has 1 amide bonds. The number of hydrogen-bond acceptors (Lipinski definition) is 4. The number of benzene rings is 1. The minimum atomic E-state index is -0.456. The molecule has 0 fully saturated rings. The first-order valence-electron chi connectivity index (χ1n) is 6.08. The van der Waals surface area contributed by atoms with Crippen molar-refractivity contribution in [2.24, 2.45) is 0 Å². The van der Waals surface area contributed by atoms with Crippen molar-refractivity contribution < 1.29 is 19.4 Å². The molecule has 0 atom stereocenters. The Kier molecular flexibility index (Phi) is 6.83. The molecule has 0 radical (unpaired) electrons. The van der Waals surface area contributed by atoms with Crippen LogP contribution in [-0.2, 0) is 9.47 Å². The van der Waals surface area contributed by atoms with Gasteiger partial charge in [0.2, 0.25) is 0 Å². The number of carbonyl (C=O) groups is 1. The van der Waals surface area contributed by atoms with Crippen molar-refractivity contribution in [3.63, 3.8) is 0 Å². The molecule has 0 spiro atoms. The quantitative estimate of drug-likeness (QED) is 0.752. The largest absolute Gasteiger partial charge is 0.507 e. The summed E-state index contributed by atoms with van der Waals surface area (Å²) >= 11 is 3.16. The predicted octanol–water partition coefficient (Wildman–Crippen LogP) is 2.28. The van der Waals surface area contributed by atoms with E-state index >= 15 is 0 Å². The fourth-order valence-corrected chi connectivity index (χ4v) is 1.72. The summed E-state index contributed by atoms with van der Waals surface area (Å²) in [6, 6.07) is 4.64. The molecule has 0 aliphatic carbocycles. The Balaban J connectivity index is 2.56. The molecule has 6 heteroatoms. The highest BCUT2D eigenvalue weighted by molar-refractivity contribution is 9.10. The molecule has 0 saturated carbocycles. The predicted molar refractivity (Wildman–Crippen MR) is 75.2 cm³/mol. The van der Waals surface area contributed by atoms with Crippen molar-refractivity contribution >= 4 is 21.8 Å². The molecule has 5 nitrogen and oxygen atoms in total. The van der Waals surface area contributed by atoms with E-state index in [0.29, 0.717) is 23.2 Å². The molecule has 0 aliphatic rings. The summed E-state index contributed by atoms with van der Waals surface area (Å²) in [4.78, 5) is 11.9. The molecular weight excluding hydrogens is 314 g/mol.